The summed E-state index contributed by atoms with van der Waals surface area (Å²) in [5, 5.41) is 0. The molecule has 0 heterocycles. The molecule has 1 aromatic rings. The second-order valence-electron chi connectivity index (χ2n) is 8.08. The normalized spacial score (nSPS) is 13.1. The fourth-order valence-corrected chi connectivity index (χ4v) is 4.09. The molecule has 0 N–H and O–H groups in total. The largest absolute Gasteiger partial charge is 0.350 e. The molecule has 0 saturated carbocycles. The number of benzene rings is 1. The van der Waals surface area contributed by atoms with Crippen molar-refractivity contribution < 1.29 is 31.4 Å². The highest BCUT2D eigenvalue weighted by atomic mass is 19.2. The van der Waals surface area contributed by atoms with Gasteiger partial charge < -0.3 is 9.47 Å². The molecule has 0 aliphatic rings. The molecule has 0 aromatic heterocycles. The van der Waals surface area contributed by atoms with Gasteiger partial charge in [-0.2, -0.15) is 0 Å². The van der Waals surface area contributed by atoms with E-state index in [4.69, 9.17) is 9.47 Å². The van der Waals surface area contributed by atoms with Crippen LogP contribution in [0.3, 0.4) is 0 Å². The van der Waals surface area contributed by atoms with Gasteiger partial charge in [0, 0.05) is 24.7 Å². The van der Waals surface area contributed by atoms with Crippen molar-refractivity contribution in [1.29, 1.82) is 0 Å². The van der Waals surface area contributed by atoms with E-state index in [1.54, 1.807) is 0 Å². The summed E-state index contributed by atoms with van der Waals surface area (Å²) in [6.07, 6.45) is 8.07. The second-order valence-corrected chi connectivity index (χ2v) is 8.08. The molecule has 1 unspecified atom stereocenters. The molecule has 0 fully saturated rings. The molecule has 0 spiro atoms. The summed E-state index contributed by atoms with van der Waals surface area (Å²) in [6, 6.07) is 0. The van der Waals surface area contributed by atoms with E-state index in [-0.39, 0.29) is 18.8 Å². The Morgan fingerprint density at radius 1 is 0.645 bits per heavy atom. The zero-order chi connectivity index (χ0) is 23.4. The van der Waals surface area contributed by atoms with Crippen molar-refractivity contribution in [2.75, 3.05) is 13.2 Å². The molecule has 2 nitrogen and oxygen atoms in total. The van der Waals surface area contributed by atoms with E-state index in [0.29, 0.717) is 19.6 Å². The van der Waals surface area contributed by atoms with Crippen LogP contribution in [-0.4, -0.2) is 19.0 Å². The average molecular weight is 453 g/mol. The minimum Gasteiger partial charge on any atom is -0.350 e. The molecule has 31 heavy (non-hydrogen) atoms. The average Bonchev–Trinajstić information content (AvgIpc) is 2.74. The Kier molecular flexibility index (Phi) is 12.6. The third-order valence-electron chi connectivity index (χ3n) is 5.79. The summed E-state index contributed by atoms with van der Waals surface area (Å²) in [5.74, 6) is -10.3. The van der Waals surface area contributed by atoms with E-state index in [0.717, 1.165) is 25.7 Å². The van der Waals surface area contributed by atoms with Gasteiger partial charge >= 0.3 is 0 Å². The van der Waals surface area contributed by atoms with Crippen LogP contribution < -0.4 is 0 Å². The maximum absolute atomic E-state index is 14.0. The van der Waals surface area contributed by atoms with Crippen LogP contribution in [0.5, 0.6) is 0 Å². The second kappa shape index (κ2) is 14.0. The van der Waals surface area contributed by atoms with Crippen LogP contribution in [0.1, 0.15) is 91.0 Å². The number of rotatable bonds is 16. The zero-order valence-corrected chi connectivity index (χ0v) is 19.3. The Balaban J connectivity index is 2.85. The Labute approximate surface area is 183 Å². The van der Waals surface area contributed by atoms with E-state index in [1.165, 1.54) is 19.3 Å². The van der Waals surface area contributed by atoms with Gasteiger partial charge in [0.25, 0.3) is 0 Å². The van der Waals surface area contributed by atoms with Crippen molar-refractivity contribution in [2.45, 2.75) is 97.7 Å². The Bertz CT molecular complexity index is 631. The van der Waals surface area contributed by atoms with Crippen molar-refractivity contribution in [3.8, 4) is 0 Å². The lowest BCUT2D eigenvalue weighted by Crippen LogP contribution is -2.41. The van der Waals surface area contributed by atoms with Crippen LogP contribution in [0.2, 0.25) is 0 Å². The summed E-state index contributed by atoms with van der Waals surface area (Å²) in [5.41, 5.74) is -0.760. The molecule has 0 aliphatic carbocycles. The minimum atomic E-state index is -2.13. The van der Waals surface area contributed by atoms with Crippen LogP contribution in [0.15, 0.2) is 0 Å². The summed E-state index contributed by atoms with van der Waals surface area (Å²) in [7, 11) is 0. The molecule has 1 aromatic carbocycles. The van der Waals surface area contributed by atoms with Crippen LogP contribution in [0.25, 0.3) is 0 Å². The maximum Gasteiger partial charge on any atom is 0.200 e. The standard InChI is InChI=1S/C24H37F5O2/c1-5-8-9-10-11-12-14-17(24(4,30-6-2)31-7-3)15-13-16-18-19(25)21(27)23(29)22(28)20(18)26/h17H,5-16H2,1-4H3. The van der Waals surface area contributed by atoms with Gasteiger partial charge in [0.05, 0.1) is 0 Å². The smallest absolute Gasteiger partial charge is 0.200 e. The lowest BCUT2D eigenvalue weighted by Gasteiger charge is -2.37. The van der Waals surface area contributed by atoms with E-state index in [9.17, 15) is 22.0 Å². The molecule has 180 valence electrons. The van der Waals surface area contributed by atoms with E-state index in [1.807, 2.05) is 20.8 Å². The predicted molar refractivity (Wildman–Crippen MR) is 112 cm³/mol. The Morgan fingerprint density at radius 3 is 1.61 bits per heavy atom. The zero-order valence-electron chi connectivity index (χ0n) is 19.3. The number of hydrogen-bond donors (Lipinski definition) is 0. The van der Waals surface area contributed by atoms with Crippen LogP contribution >= 0.6 is 0 Å². The Morgan fingerprint density at radius 2 is 1.10 bits per heavy atom. The number of unbranched alkanes of at least 4 members (excludes halogenated alkanes) is 5. The van der Waals surface area contributed by atoms with E-state index >= 15 is 0 Å². The molecule has 1 atom stereocenters. The fourth-order valence-electron chi connectivity index (χ4n) is 4.09. The molecule has 1 rings (SSSR count). The van der Waals surface area contributed by atoms with Gasteiger partial charge in [-0.25, -0.2) is 22.0 Å². The molecule has 0 radical (unpaired) electrons. The van der Waals surface area contributed by atoms with Crippen molar-refractivity contribution >= 4 is 0 Å². The van der Waals surface area contributed by atoms with Crippen molar-refractivity contribution in [3.05, 3.63) is 34.6 Å². The first-order chi connectivity index (χ1) is 14.7. The molecular weight excluding hydrogens is 415 g/mol. The quantitative estimate of drug-likeness (QED) is 0.0835. The highest BCUT2D eigenvalue weighted by Crippen LogP contribution is 2.33. The first-order valence-electron chi connectivity index (χ1n) is 11.5. The van der Waals surface area contributed by atoms with Crippen molar-refractivity contribution in [2.24, 2.45) is 5.92 Å². The van der Waals surface area contributed by atoms with Gasteiger partial charge in [0.1, 0.15) is 0 Å². The molecule has 0 amide bonds. The predicted octanol–water partition coefficient (Wildman–Crippen LogP) is 7.86. The van der Waals surface area contributed by atoms with Crippen LogP contribution in [0, 0.1) is 35.0 Å². The minimum absolute atomic E-state index is 0.0557. The van der Waals surface area contributed by atoms with E-state index < -0.39 is 40.4 Å². The van der Waals surface area contributed by atoms with Crippen LogP contribution in [-0.2, 0) is 15.9 Å². The monoisotopic (exact) mass is 452 g/mol. The van der Waals surface area contributed by atoms with Gasteiger partial charge in [0.15, 0.2) is 29.1 Å². The van der Waals surface area contributed by atoms with Gasteiger partial charge in [-0.3, -0.25) is 0 Å². The summed E-state index contributed by atoms with van der Waals surface area (Å²) >= 11 is 0. The number of ether oxygens (including phenoxy) is 2. The molecule has 0 saturated heterocycles. The summed E-state index contributed by atoms with van der Waals surface area (Å²) in [6.45, 7) is 8.65. The van der Waals surface area contributed by atoms with Crippen molar-refractivity contribution in [1.82, 2.24) is 0 Å². The van der Waals surface area contributed by atoms with Gasteiger partial charge in [-0.05, 0) is 46.5 Å². The maximum atomic E-state index is 14.0. The fraction of sp³-hybridized carbons (Fsp3) is 0.750. The lowest BCUT2D eigenvalue weighted by atomic mass is 9.87. The third kappa shape index (κ3) is 8.01. The molecule has 0 bridgehead atoms. The number of hydrogen-bond acceptors (Lipinski definition) is 2. The summed E-state index contributed by atoms with van der Waals surface area (Å²) in [4.78, 5) is 0. The molecular formula is C24H37F5O2. The van der Waals surface area contributed by atoms with Gasteiger partial charge in [0.2, 0.25) is 5.82 Å². The first-order valence-corrected chi connectivity index (χ1v) is 11.5. The third-order valence-corrected chi connectivity index (χ3v) is 5.79. The summed E-state index contributed by atoms with van der Waals surface area (Å²) < 4.78 is 80.0. The number of halogens is 5. The van der Waals surface area contributed by atoms with Crippen molar-refractivity contribution in [3.63, 3.8) is 0 Å². The van der Waals surface area contributed by atoms with Gasteiger partial charge in [-0.1, -0.05) is 45.4 Å². The topological polar surface area (TPSA) is 18.5 Å². The van der Waals surface area contributed by atoms with Crippen LogP contribution in [0.4, 0.5) is 22.0 Å². The SMILES string of the molecule is CCCCCCCCC(CCCc1c(F)c(F)c(F)c(F)c1F)C(C)(OCC)OCC. The highest BCUT2D eigenvalue weighted by Gasteiger charge is 2.35. The molecule has 7 heteroatoms. The van der Waals surface area contributed by atoms with Gasteiger partial charge in [-0.15, -0.1) is 0 Å². The van der Waals surface area contributed by atoms with E-state index in [2.05, 4.69) is 6.92 Å². The lowest BCUT2D eigenvalue weighted by molar-refractivity contribution is -0.254. The first kappa shape index (κ1) is 27.8. The highest BCUT2D eigenvalue weighted by molar-refractivity contribution is 5.24. The Hall–Kier alpha value is -1.21. The molecule has 0 aliphatic heterocycles.